The molecule has 28 heavy (non-hydrogen) atoms. The van der Waals surface area contributed by atoms with E-state index in [2.05, 4.69) is 37.9 Å². The molecule has 4 nitrogen and oxygen atoms in total. The second-order valence-corrected chi connectivity index (χ2v) is 7.88. The van der Waals surface area contributed by atoms with E-state index in [9.17, 15) is 0 Å². The summed E-state index contributed by atoms with van der Waals surface area (Å²) in [6.45, 7) is 0. The Hall–Kier alpha value is -2.70. The zero-order valence-corrected chi connectivity index (χ0v) is 17.6. The van der Waals surface area contributed by atoms with Crippen molar-refractivity contribution >= 4 is 42.9 Å². The summed E-state index contributed by atoms with van der Waals surface area (Å²) in [6, 6.07) is 19.5. The molecule has 0 aliphatic carbocycles. The van der Waals surface area contributed by atoms with E-state index < -0.39 is 0 Å². The first kappa shape index (κ1) is 17.4. The molecule has 0 spiro atoms. The van der Waals surface area contributed by atoms with Crippen LogP contribution in [0.15, 0.2) is 91.0 Å². The molecule has 6 heteroatoms. The summed E-state index contributed by atoms with van der Waals surface area (Å²) >= 11 is 7.32. The van der Waals surface area contributed by atoms with Gasteiger partial charge in [0, 0.05) is 8.95 Å². The van der Waals surface area contributed by atoms with Crippen molar-refractivity contribution in [1.82, 2.24) is 9.97 Å². The fraction of sp³-hybridized carbons (Fsp3) is 0. The Labute approximate surface area is 177 Å². The Morgan fingerprint density at radius 3 is 1.79 bits per heavy atom. The zero-order valence-electron chi connectivity index (χ0n) is 14.4. The summed E-state index contributed by atoms with van der Waals surface area (Å²) < 4.78 is 13.1. The van der Waals surface area contributed by atoms with Crippen molar-refractivity contribution in [2.24, 2.45) is 0 Å². The van der Waals surface area contributed by atoms with Gasteiger partial charge in [-0.3, -0.25) is 0 Å². The average molecular weight is 496 g/mol. The van der Waals surface area contributed by atoms with Gasteiger partial charge in [0.2, 0.25) is 0 Å². The first-order valence-electron chi connectivity index (χ1n) is 8.54. The van der Waals surface area contributed by atoms with Crippen LogP contribution in [0.5, 0.6) is 0 Å². The van der Waals surface area contributed by atoms with Crippen molar-refractivity contribution in [2.45, 2.75) is 0 Å². The van der Waals surface area contributed by atoms with Crippen molar-refractivity contribution in [1.29, 1.82) is 0 Å². The predicted molar refractivity (Wildman–Crippen MR) is 116 cm³/mol. The molecule has 2 aromatic carbocycles. The first-order valence-corrected chi connectivity index (χ1v) is 10.1. The lowest BCUT2D eigenvalue weighted by Gasteiger charge is -2.11. The molecule has 0 fully saturated rings. The molecule has 0 saturated carbocycles. The second kappa shape index (κ2) is 7.04. The van der Waals surface area contributed by atoms with Gasteiger partial charge in [-0.1, -0.05) is 50.1 Å². The molecule has 0 saturated heterocycles. The van der Waals surface area contributed by atoms with Crippen LogP contribution in [0.3, 0.4) is 0 Å². The third kappa shape index (κ3) is 2.99. The molecule has 0 atom stereocenters. The van der Waals surface area contributed by atoms with Gasteiger partial charge in [-0.2, -0.15) is 0 Å². The lowest BCUT2D eigenvalue weighted by Crippen LogP contribution is -1.95. The highest BCUT2D eigenvalue weighted by Crippen LogP contribution is 2.38. The van der Waals surface area contributed by atoms with Gasteiger partial charge in [0.15, 0.2) is 11.5 Å². The highest BCUT2D eigenvalue weighted by molar-refractivity contribution is 9.11. The Morgan fingerprint density at radius 1 is 0.607 bits per heavy atom. The molecular weight excluding hydrogens is 484 g/mol. The second-order valence-electron chi connectivity index (χ2n) is 6.18. The Bertz CT molecular complexity index is 1280. The monoisotopic (exact) mass is 494 g/mol. The molecule has 3 heterocycles. The maximum absolute atomic E-state index is 5.60. The number of fused-ring (bicyclic) bond motifs is 1. The van der Waals surface area contributed by atoms with E-state index >= 15 is 0 Å². The molecule has 0 aliphatic heterocycles. The number of hydrogen-bond donors (Lipinski definition) is 0. The molecule has 3 aromatic heterocycles. The third-order valence-electron chi connectivity index (χ3n) is 4.43. The van der Waals surface area contributed by atoms with Gasteiger partial charge < -0.3 is 8.83 Å². The number of nitrogens with zero attached hydrogens (tertiary/aromatic N) is 2. The number of hydrogen-bond acceptors (Lipinski definition) is 4. The SMILES string of the molecule is Brc1ccccc1-c1cc2nc(-c3ccco3)c(-c3ccco3)nc2cc1Br. The highest BCUT2D eigenvalue weighted by atomic mass is 79.9. The van der Waals surface area contributed by atoms with Crippen LogP contribution in [0.4, 0.5) is 0 Å². The van der Waals surface area contributed by atoms with E-state index in [-0.39, 0.29) is 0 Å². The fourth-order valence-electron chi connectivity index (χ4n) is 3.13. The Kier molecular flexibility index (Phi) is 4.37. The summed E-state index contributed by atoms with van der Waals surface area (Å²) in [5, 5.41) is 0. The highest BCUT2D eigenvalue weighted by Gasteiger charge is 2.18. The summed E-state index contributed by atoms with van der Waals surface area (Å²) in [5.74, 6) is 1.29. The lowest BCUT2D eigenvalue weighted by molar-refractivity contribution is 0.572. The van der Waals surface area contributed by atoms with Gasteiger partial charge in [-0.25, -0.2) is 9.97 Å². The number of rotatable bonds is 3. The summed E-state index contributed by atoms with van der Waals surface area (Å²) in [7, 11) is 0. The van der Waals surface area contributed by atoms with Gasteiger partial charge in [-0.15, -0.1) is 0 Å². The summed E-state index contributed by atoms with van der Waals surface area (Å²) in [5.41, 5.74) is 4.94. The van der Waals surface area contributed by atoms with Crippen LogP contribution >= 0.6 is 31.9 Å². The largest absolute Gasteiger partial charge is 0.463 e. The molecular formula is C22H12Br2N2O2. The number of halogens is 2. The molecule has 0 amide bonds. The van der Waals surface area contributed by atoms with Gasteiger partial charge >= 0.3 is 0 Å². The van der Waals surface area contributed by atoms with Gasteiger partial charge in [0.1, 0.15) is 11.4 Å². The Balaban J connectivity index is 1.79. The molecule has 136 valence electrons. The maximum atomic E-state index is 5.60. The van der Waals surface area contributed by atoms with Crippen LogP contribution in [0.25, 0.3) is 45.1 Å². The minimum Gasteiger partial charge on any atom is -0.463 e. The minimum absolute atomic E-state index is 0.645. The summed E-state index contributed by atoms with van der Waals surface area (Å²) in [6.07, 6.45) is 3.25. The van der Waals surface area contributed by atoms with Crippen molar-refractivity contribution in [2.75, 3.05) is 0 Å². The van der Waals surface area contributed by atoms with E-state index in [0.717, 1.165) is 31.1 Å². The molecule has 0 radical (unpaired) electrons. The van der Waals surface area contributed by atoms with Crippen molar-refractivity contribution in [3.05, 3.63) is 82.1 Å². The lowest BCUT2D eigenvalue weighted by atomic mass is 10.0. The predicted octanol–water partition coefficient (Wildman–Crippen LogP) is 7.34. The smallest absolute Gasteiger partial charge is 0.154 e. The van der Waals surface area contributed by atoms with Crippen LogP contribution < -0.4 is 0 Å². The number of furan rings is 2. The van der Waals surface area contributed by atoms with Crippen LogP contribution in [-0.4, -0.2) is 9.97 Å². The Morgan fingerprint density at radius 2 is 1.21 bits per heavy atom. The third-order valence-corrected chi connectivity index (χ3v) is 5.77. The van der Waals surface area contributed by atoms with E-state index in [0.29, 0.717) is 22.9 Å². The first-order chi connectivity index (χ1) is 13.7. The van der Waals surface area contributed by atoms with Crippen LogP contribution in [0, 0.1) is 0 Å². The van der Waals surface area contributed by atoms with Crippen LogP contribution in [0.2, 0.25) is 0 Å². The average Bonchev–Trinajstić information content (AvgIpc) is 3.41. The normalized spacial score (nSPS) is 11.2. The minimum atomic E-state index is 0.645. The number of aromatic nitrogens is 2. The zero-order chi connectivity index (χ0) is 19.1. The molecule has 5 rings (SSSR count). The summed E-state index contributed by atoms with van der Waals surface area (Å²) in [4.78, 5) is 9.71. The topological polar surface area (TPSA) is 52.1 Å². The molecule has 0 unspecified atom stereocenters. The van der Waals surface area contributed by atoms with Gasteiger partial charge in [-0.05, 0) is 53.6 Å². The van der Waals surface area contributed by atoms with Gasteiger partial charge in [0.25, 0.3) is 0 Å². The van der Waals surface area contributed by atoms with Crippen molar-refractivity contribution < 1.29 is 8.83 Å². The molecule has 5 aromatic rings. The van der Waals surface area contributed by atoms with Gasteiger partial charge in [0.05, 0.1) is 23.6 Å². The van der Waals surface area contributed by atoms with E-state index in [1.807, 2.05) is 54.6 Å². The maximum Gasteiger partial charge on any atom is 0.154 e. The van der Waals surface area contributed by atoms with Crippen LogP contribution in [0.1, 0.15) is 0 Å². The van der Waals surface area contributed by atoms with E-state index in [1.54, 1.807) is 12.5 Å². The van der Waals surface area contributed by atoms with E-state index in [4.69, 9.17) is 18.8 Å². The fourth-order valence-corrected chi connectivity index (χ4v) is 4.18. The van der Waals surface area contributed by atoms with Crippen LogP contribution in [-0.2, 0) is 0 Å². The molecule has 0 N–H and O–H groups in total. The van der Waals surface area contributed by atoms with Crippen molar-refractivity contribution in [3.63, 3.8) is 0 Å². The van der Waals surface area contributed by atoms with E-state index in [1.165, 1.54) is 0 Å². The number of benzene rings is 2. The molecule has 0 bridgehead atoms. The standard InChI is InChI=1S/C22H12Br2N2O2/c23-15-6-2-1-5-13(15)14-11-17-18(12-16(14)24)26-22(20-8-4-10-28-20)21(25-17)19-7-3-9-27-19/h1-12H. The molecule has 0 aliphatic rings. The van der Waals surface area contributed by atoms with Crippen molar-refractivity contribution in [3.8, 4) is 34.0 Å². The quantitative estimate of drug-likeness (QED) is 0.262.